The van der Waals surface area contributed by atoms with Crippen LogP contribution in [0.2, 0.25) is 0 Å². The molecule has 0 spiro atoms. The maximum Gasteiger partial charge on any atom is 0.408 e. The molecule has 1 aromatic carbocycles. The Hall–Kier alpha value is -1.55. The number of amides is 1. The van der Waals surface area contributed by atoms with Crippen molar-refractivity contribution in [2.45, 2.75) is 51.2 Å². The van der Waals surface area contributed by atoms with Crippen LogP contribution in [0.3, 0.4) is 0 Å². The molecule has 1 saturated heterocycles. The third kappa shape index (κ3) is 2.72. The van der Waals surface area contributed by atoms with Crippen molar-refractivity contribution >= 4 is 6.09 Å². The second kappa shape index (κ2) is 5.27. The van der Waals surface area contributed by atoms with E-state index in [2.05, 4.69) is 29.2 Å². The maximum absolute atomic E-state index is 11.8. The molecule has 2 fully saturated rings. The van der Waals surface area contributed by atoms with Gasteiger partial charge >= 0.3 is 6.09 Å². The fraction of sp³-hybridized carbons (Fsp3) is 0.611. The quantitative estimate of drug-likeness (QED) is 0.930. The Morgan fingerprint density at radius 3 is 2.59 bits per heavy atom. The molecule has 1 aliphatic heterocycles. The van der Waals surface area contributed by atoms with Crippen molar-refractivity contribution in [3.05, 3.63) is 35.9 Å². The van der Waals surface area contributed by atoms with Crippen molar-refractivity contribution in [2.75, 3.05) is 13.1 Å². The Balaban J connectivity index is 1.67. The molecular weight excluding hydrogens is 276 g/mol. The molecule has 2 aliphatic rings. The summed E-state index contributed by atoms with van der Waals surface area (Å²) in [5.41, 5.74) is 0.890. The molecule has 3 rings (SSSR count). The Morgan fingerprint density at radius 1 is 1.36 bits per heavy atom. The van der Waals surface area contributed by atoms with E-state index in [9.17, 15) is 9.90 Å². The van der Waals surface area contributed by atoms with E-state index >= 15 is 0 Å². The van der Waals surface area contributed by atoms with Crippen LogP contribution < -0.4 is 0 Å². The van der Waals surface area contributed by atoms with Gasteiger partial charge in [-0.3, -0.25) is 9.80 Å². The van der Waals surface area contributed by atoms with Crippen LogP contribution in [0, 0.1) is 5.92 Å². The predicted octanol–water partition coefficient (Wildman–Crippen LogP) is 3.43. The second-order valence-electron chi connectivity index (χ2n) is 7.76. The highest BCUT2D eigenvalue weighted by Gasteiger charge is 2.63. The summed E-state index contributed by atoms with van der Waals surface area (Å²) in [6, 6.07) is 10.5. The molecule has 0 aromatic heterocycles. The smallest absolute Gasteiger partial charge is 0.408 e. The average Bonchev–Trinajstić information content (AvgIpc) is 3.11. The number of piperidine rings is 1. The fourth-order valence-corrected chi connectivity index (χ4v) is 4.18. The molecule has 4 heteroatoms. The highest BCUT2D eigenvalue weighted by molar-refractivity contribution is 5.68. The van der Waals surface area contributed by atoms with Gasteiger partial charge in [-0.15, -0.1) is 0 Å². The highest BCUT2D eigenvalue weighted by Crippen LogP contribution is 2.56. The third-order valence-electron chi connectivity index (χ3n) is 5.10. The van der Waals surface area contributed by atoms with Gasteiger partial charge in [0.25, 0.3) is 0 Å². The largest absolute Gasteiger partial charge is 0.465 e. The van der Waals surface area contributed by atoms with Crippen LogP contribution in [-0.2, 0) is 6.54 Å². The molecule has 1 saturated carbocycles. The third-order valence-corrected chi connectivity index (χ3v) is 5.10. The van der Waals surface area contributed by atoms with Gasteiger partial charge < -0.3 is 5.11 Å². The Bertz CT molecular complexity index is 552. The molecular formula is C18H26N2O2. The molecule has 2 unspecified atom stereocenters. The highest BCUT2D eigenvalue weighted by atomic mass is 16.4. The minimum atomic E-state index is -0.772. The molecule has 22 heavy (non-hydrogen) atoms. The molecule has 1 aliphatic carbocycles. The Labute approximate surface area is 132 Å². The van der Waals surface area contributed by atoms with Gasteiger partial charge in [-0.25, -0.2) is 4.79 Å². The number of carbonyl (C=O) groups is 1. The number of hydrogen-bond acceptors (Lipinski definition) is 2. The SMILES string of the molecule is CC(C)(C)N(C(=O)O)C12CCN(Cc3ccccc3)CC1C2. The van der Waals surface area contributed by atoms with Crippen LogP contribution >= 0.6 is 0 Å². The van der Waals surface area contributed by atoms with E-state index in [0.717, 1.165) is 32.5 Å². The summed E-state index contributed by atoms with van der Waals surface area (Å²) in [6.07, 6.45) is 1.20. The first-order valence-electron chi connectivity index (χ1n) is 8.12. The summed E-state index contributed by atoms with van der Waals surface area (Å²) in [4.78, 5) is 16.0. The van der Waals surface area contributed by atoms with E-state index in [-0.39, 0.29) is 11.1 Å². The standard InChI is InChI=1S/C18H26N2O2/c1-17(2,3)20(16(21)22)18-9-10-19(13-15(18)11-18)12-14-7-5-4-6-8-14/h4-8,15H,9-13H2,1-3H3,(H,21,22). The maximum atomic E-state index is 11.8. The van der Waals surface area contributed by atoms with E-state index < -0.39 is 6.09 Å². The van der Waals surface area contributed by atoms with E-state index in [4.69, 9.17) is 0 Å². The van der Waals surface area contributed by atoms with Crippen molar-refractivity contribution in [2.24, 2.45) is 5.92 Å². The van der Waals surface area contributed by atoms with Gasteiger partial charge in [0.2, 0.25) is 0 Å². The van der Waals surface area contributed by atoms with Gasteiger partial charge in [-0.1, -0.05) is 30.3 Å². The second-order valence-corrected chi connectivity index (χ2v) is 7.76. The lowest BCUT2D eigenvalue weighted by Gasteiger charge is -2.44. The van der Waals surface area contributed by atoms with Crippen LogP contribution in [0.1, 0.15) is 39.2 Å². The number of likely N-dealkylation sites (tertiary alicyclic amines) is 1. The van der Waals surface area contributed by atoms with Gasteiger partial charge in [0.15, 0.2) is 0 Å². The van der Waals surface area contributed by atoms with Crippen LogP contribution in [0.25, 0.3) is 0 Å². The minimum Gasteiger partial charge on any atom is -0.465 e. The monoisotopic (exact) mass is 302 g/mol. The first kappa shape index (κ1) is 15.3. The first-order chi connectivity index (χ1) is 10.3. The molecule has 1 amide bonds. The van der Waals surface area contributed by atoms with Gasteiger partial charge in [0.05, 0.1) is 5.54 Å². The zero-order chi connectivity index (χ0) is 16.0. The number of benzene rings is 1. The lowest BCUT2D eigenvalue weighted by molar-refractivity contribution is 0.0297. The van der Waals surface area contributed by atoms with Crippen molar-refractivity contribution in [1.82, 2.24) is 9.80 Å². The summed E-state index contributed by atoms with van der Waals surface area (Å²) in [5.74, 6) is 0.486. The topological polar surface area (TPSA) is 43.8 Å². The van der Waals surface area contributed by atoms with Crippen LogP contribution in [0.5, 0.6) is 0 Å². The van der Waals surface area contributed by atoms with E-state index in [0.29, 0.717) is 5.92 Å². The zero-order valence-corrected chi connectivity index (χ0v) is 13.7. The zero-order valence-electron chi connectivity index (χ0n) is 13.7. The van der Waals surface area contributed by atoms with Gasteiger partial charge in [-0.05, 0) is 45.1 Å². The summed E-state index contributed by atoms with van der Waals surface area (Å²) in [7, 11) is 0. The first-order valence-corrected chi connectivity index (χ1v) is 8.12. The van der Waals surface area contributed by atoms with E-state index in [1.165, 1.54) is 5.56 Å². The van der Waals surface area contributed by atoms with Gasteiger partial charge in [0.1, 0.15) is 0 Å². The molecule has 4 nitrogen and oxygen atoms in total. The summed E-state index contributed by atoms with van der Waals surface area (Å²) < 4.78 is 0. The van der Waals surface area contributed by atoms with E-state index in [1.807, 2.05) is 26.8 Å². The molecule has 120 valence electrons. The van der Waals surface area contributed by atoms with E-state index in [1.54, 1.807) is 4.90 Å². The molecule has 1 heterocycles. The summed E-state index contributed by atoms with van der Waals surface area (Å²) in [6.45, 7) is 8.96. The number of rotatable bonds is 3. The van der Waals surface area contributed by atoms with Crippen LogP contribution in [-0.4, -0.2) is 45.2 Å². The summed E-state index contributed by atoms with van der Waals surface area (Å²) in [5, 5.41) is 9.67. The molecule has 2 atom stereocenters. The normalized spacial score (nSPS) is 28.0. The molecule has 1 N–H and O–H groups in total. The van der Waals surface area contributed by atoms with Crippen LogP contribution in [0.15, 0.2) is 30.3 Å². The Kier molecular flexibility index (Phi) is 3.68. The number of carboxylic acid groups (broad SMARTS) is 1. The van der Waals surface area contributed by atoms with Crippen molar-refractivity contribution in [3.63, 3.8) is 0 Å². The fourth-order valence-electron chi connectivity index (χ4n) is 4.18. The lowest BCUT2D eigenvalue weighted by Crippen LogP contribution is -2.56. The number of hydrogen-bond donors (Lipinski definition) is 1. The van der Waals surface area contributed by atoms with Gasteiger partial charge in [0, 0.05) is 25.2 Å². The molecule has 0 bridgehead atoms. The molecule has 1 aromatic rings. The Morgan fingerprint density at radius 2 is 2.05 bits per heavy atom. The summed E-state index contributed by atoms with van der Waals surface area (Å²) >= 11 is 0. The lowest BCUT2D eigenvalue weighted by atomic mass is 9.95. The van der Waals surface area contributed by atoms with Crippen molar-refractivity contribution < 1.29 is 9.90 Å². The molecule has 0 radical (unpaired) electrons. The van der Waals surface area contributed by atoms with Crippen LogP contribution in [0.4, 0.5) is 4.79 Å². The minimum absolute atomic E-state index is 0.114. The number of nitrogens with zero attached hydrogens (tertiary/aromatic N) is 2. The predicted molar refractivity (Wildman–Crippen MR) is 86.8 cm³/mol. The van der Waals surface area contributed by atoms with Crippen molar-refractivity contribution in [3.8, 4) is 0 Å². The average molecular weight is 302 g/mol. The van der Waals surface area contributed by atoms with Gasteiger partial charge in [-0.2, -0.15) is 0 Å². The van der Waals surface area contributed by atoms with Crippen molar-refractivity contribution in [1.29, 1.82) is 0 Å². The number of fused-ring (bicyclic) bond motifs is 1.